The normalized spacial score (nSPS) is 13.2. The Labute approximate surface area is 188 Å². The smallest absolute Gasteiger partial charge is 0.251 e. The van der Waals surface area contributed by atoms with Gasteiger partial charge in [-0.3, -0.25) is 4.79 Å². The Morgan fingerprint density at radius 3 is 2.76 bits per heavy atom. The summed E-state index contributed by atoms with van der Waals surface area (Å²) in [6.07, 6.45) is 3.54. The van der Waals surface area contributed by atoms with Crippen molar-refractivity contribution in [3.8, 4) is 0 Å². The predicted molar refractivity (Wildman–Crippen MR) is 129 cm³/mol. The van der Waals surface area contributed by atoms with Gasteiger partial charge in [0, 0.05) is 40.9 Å². The fourth-order valence-corrected chi connectivity index (χ4v) is 5.42. The maximum atomic E-state index is 12.6. The van der Waals surface area contributed by atoms with E-state index in [9.17, 15) is 4.79 Å². The molecular weight excluding hydrogens is 420 g/mol. The second-order valence-corrected chi connectivity index (χ2v) is 9.95. The number of hydrogen-bond acceptors (Lipinski definition) is 4. The first-order chi connectivity index (χ1) is 14.2. The van der Waals surface area contributed by atoms with Gasteiger partial charge in [-0.2, -0.15) is 11.8 Å². The van der Waals surface area contributed by atoms with Crippen LogP contribution in [0.2, 0.25) is 5.02 Å². The Balaban J connectivity index is 1.58. The van der Waals surface area contributed by atoms with Crippen LogP contribution in [0.3, 0.4) is 0 Å². The van der Waals surface area contributed by atoms with Gasteiger partial charge in [-0.25, -0.2) is 0 Å². The van der Waals surface area contributed by atoms with E-state index in [0.717, 1.165) is 53.8 Å². The van der Waals surface area contributed by atoms with E-state index in [-0.39, 0.29) is 5.91 Å². The number of carbonyl (C=O) groups is 1. The van der Waals surface area contributed by atoms with Crippen molar-refractivity contribution in [3.63, 3.8) is 0 Å². The number of thioether (sulfide) groups is 2. The van der Waals surface area contributed by atoms with Gasteiger partial charge in [-0.15, -0.1) is 11.8 Å². The number of anilines is 1. The first kappa shape index (κ1) is 22.4. The third kappa shape index (κ3) is 6.87. The summed E-state index contributed by atoms with van der Waals surface area (Å²) in [4.78, 5) is 16.2. The van der Waals surface area contributed by atoms with Gasteiger partial charge in [0.1, 0.15) is 0 Å². The van der Waals surface area contributed by atoms with Crippen LogP contribution in [0.15, 0.2) is 47.4 Å². The van der Waals surface area contributed by atoms with Crippen molar-refractivity contribution in [1.82, 2.24) is 5.32 Å². The maximum absolute atomic E-state index is 12.6. The molecule has 0 fully saturated rings. The van der Waals surface area contributed by atoms with Crippen molar-refractivity contribution < 1.29 is 4.79 Å². The van der Waals surface area contributed by atoms with E-state index < -0.39 is 0 Å². The molecule has 0 unspecified atom stereocenters. The summed E-state index contributed by atoms with van der Waals surface area (Å²) in [5.41, 5.74) is 3.12. The minimum atomic E-state index is 0.0216. The lowest BCUT2D eigenvalue weighted by Crippen LogP contribution is -2.30. The molecule has 0 radical (unpaired) electrons. The number of unbranched alkanes of at least 4 members (excludes halogenated alkanes) is 1. The van der Waals surface area contributed by atoms with Crippen LogP contribution in [0.1, 0.15) is 42.1 Å². The zero-order valence-electron chi connectivity index (χ0n) is 17.0. The summed E-state index contributed by atoms with van der Waals surface area (Å²) in [6, 6.07) is 14.1. The van der Waals surface area contributed by atoms with Gasteiger partial charge in [0.2, 0.25) is 0 Å². The lowest BCUT2D eigenvalue weighted by molar-refractivity contribution is 0.0953. The van der Waals surface area contributed by atoms with Crippen molar-refractivity contribution in [3.05, 3.63) is 58.6 Å². The van der Waals surface area contributed by atoms with Crippen LogP contribution in [-0.2, 0) is 6.54 Å². The highest BCUT2D eigenvalue weighted by Crippen LogP contribution is 2.36. The fraction of sp³-hybridized carbons (Fsp3) is 0.435. The molecule has 0 bridgehead atoms. The van der Waals surface area contributed by atoms with Crippen molar-refractivity contribution in [2.45, 2.75) is 37.6 Å². The largest absolute Gasteiger partial charge is 0.365 e. The second-order valence-electron chi connectivity index (χ2n) is 7.15. The molecule has 2 aromatic carbocycles. The van der Waals surface area contributed by atoms with Gasteiger partial charge < -0.3 is 10.2 Å². The lowest BCUT2D eigenvalue weighted by Gasteiger charge is -2.31. The summed E-state index contributed by atoms with van der Waals surface area (Å²) in [5, 5.41) is 3.83. The SMILES string of the molecule is CCCCSCCCNC(=O)c1ccc2c(c1)N(Cc1ccc(Cl)cc1)CCS2. The van der Waals surface area contributed by atoms with Crippen LogP contribution in [0, 0.1) is 0 Å². The first-order valence-corrected chi connectivity index (χ1v) is 12.8. The van der Waals surface area contributed by atoms with Crippen LogP contribution in [-0.4, -0.2) is 36.3 Å². The van der Waals surface area contributed by atoms with Crippen molar-refractivity contribution in [1.29, 1.82) is 0 Å². The highest BCUT2D eigenvalue weighted by molar-refractivity contribution is 7.99. The van der Waals surface area contributed by atoms with Crippen LogP contribution >= 0.6 is 35.1 Å². The average molecular weight is 449 g/mol. The topological polar surface area (TPSA) is 32.3 Å². The number of carbonyl (C=O) groups excluding carboxylic acids is 1. The standard InChI is InChI=1S/C23H29ClN2OS2/c1-2-3-13-28-14-4-11-25-23(27)19-7-10-22-21(16-19)26(12-15-29-22)17-18-5-8-20(24)9-6-18/h5-10,16H,2-4,11-15,17H2,1H3,(H,25,27). The number of nitrogens with zero attached hydrogens (tertiary/aromatic N) is 1. The molecule has 0 saturated heterocycles. The van der Waals surface area contributed by atoms with E-state index >= 15 is 0 Å². The molecule has 156 valence electrons. The Hall–Kier alpha value is -1.30. The second kappa shape index (κ2) is 11.8. The van der Waals surface area contributed by atoms with E-state index in [1.54, 1.807) is 0 Å². The molecular formula is C23H29ClN2OS2. The van der Waals surface area contributed by atoms with Crippen LogP contribution in [0.25, 0.3) is 0 Å². The highest BCUT2D eigenvalue weighted by Gasteiger charge is 2.19. The van der Waals surface area contributed by atoms with Gasteiger partial charge >= 0.3 is 0 Å². The first-order valence-electron chi connectivity index (χ1n) is 10.3. The zero-order chi connectivity index (χ0) is 20.5. The van der Waals surface area contributed by atoms with Crippen LogP contribution in [0.5, 0.6) is 0 Å². The number of fused-ring (bicyclic) bond motifs is 1. The Bertz CT molecular complexity index is 798. The number of hydrogen-bond donors (Lipinski definition) is 1. The summed E-state index contributed by atoms with van der Waals surface area (Å²) in [7, 11) is 0. The molecule has 6 heteroatoms. The summed E-state index contributed by atoms with van der Waals surface area (Å²) >= 11 is 9.85. The monoisotopic (exact) mass is 448 g/mol. The minimum absolute atomic E-state index is 0.0216. The van der Waals surface area contributed by atoms with E-state index in [1.165, 1.54) is 29.1 Å². The van der Waals surface area contributed by atoms with E-state index in [0.29, 0.717) is 0 Å². The molecule has 3 rings (SSSR count). The van der Waals surface area contributed by atoms with E-state index in [4.69, 9.17) is 11.6 Å². The average Bonchev–Trinajstić information content (AvgIpc) is 2.74. The van der Waals surface area contributed by atoms with Crippen molar-refractivity contribution in [2.24, 2.45) is 0 Å². The van der Waals surface area contributed by atoms with Gasteiger partial charge in [-0.1, -0.05) is 37.1 Å². The third-order valence-corrected chi connectivity index (χ3v) is 7.31. The van der Waals surface area contributed by atoms with Gasteiger partial charge in [0.05, 0.1) is 5.69 Å². The molecule has 29 heavy (non-hydrogen) atoms. The molecule has 0 spiro atoms. The lowest BCUT2D eigenvalue weighted by atomic mass is 10.1. The molecule has 0 saturated carbocycles. The van der Waals surface area contributed by atoms with Crippen molar-refractivity contribution in [2.75, 3.05) is 35.2 Å². The van der Waals surface area contributed by atoms with E-state index in [1.807, 2.05) is 47.8 Å². The van der Waals surface area contributed by atoms with Crippen LogP contribution in [0.4, 0.5) is 5.69 Å². The molecule has 0 atom stereocenters. The molecule has 1 aliphatic heterocycles. The van der Waals surface area contributed by atoms with Crippen LogP contribution < -0.4 is 10.2 Å². The minimum Gasteiger partial charge on any atom is -0.365 e. The highest BCUT2D eigenvalue weighted by atomic mass is 35.5. The zero-order valence-corrected chi connectivity index (χ0v) is 19.3. The van der Waals surface area contributed by atoms with Gasteiger partial charge in [0.15, 0.2) is 0 Å². The number of amides is 1. The summed E-state index contributed by atoms with van der Waals surface area (Å²) < 4.78 is 0. The third-order valence-electron chi connectivity index (χ3n) is 4.86. The molecule has 1 heterocycles. The Morgan fingerprint density at radius 1 is 1.17 bits per heavy atom. The molecule has 0 aromatic heterocycles. The molecule has 1 aliphatic rings. The quantitative estimate of drug-likeness (QED) is 0.444. The molecule has 3 nitrogen and oxygen atoms in total. The molecule has 1 N–H and O–H groups in total. The maximum Gasteiger partial charge on any atom is 0.251 e. The summed E-state index contributed by atoms with van der Waals surface area (Å²) in [5.74, 6) is 3.40. The van der Waals surface area contributed by atoms with Crippen molar-refractivity contribution >= 4 is 46.7 Å². The molecule has 0 aliphatic carbocycles. The number of rotatable bonds is 10. The molecule has 1 amide bonds. The van der Waals surface area contributed by atoms with Gasteiger partial charge in [0.25, 0.3) is 5.91 Å². The Kier molecular flexibility index (Phi) is 9.09. The van der Waals surface area contributed by atoms with Gasteiger partial charge in [-0.05, 0) is 60.2 Å². The Morgan fingerprint density at radius 2 is 1.97 bits per heavy atom. The summed E-state index contributed by atoms with van der Waals surface area (Å²) in [6.45, 7) is 4.75. The molecule has 2 aromatic rings. The number of halogens is 1. The fourth-order valence-electron chi connectivity index (χ4n) is 3.22. The predicted octanol–water partition coefficient (Wildman–Crippen LogP) is 6.11. The number of nitrogens with one attached hydrogen (secondary N) is 1. The number of benzene rings is 2. The van der Waals surface area contributed by atoms with E-state index in [2.05, 4.69) is 35.3 Å².